The molecule has 0 saturated carbocycles. The number of carbonyl (C=O) groups is 1. The largest absolute Gasteiger partial charge is 0.454 e. The molecule has 1 saturated heterocycles. The number of nitrogens with zero attached hydrogens (tertiary/aromatic N) is 1. The second kappa shape index (κ2) is 5.57. The van der Waals surface area contributed by atoms with Crippen LogP contribution in [-0.4, -0.2) is 30.7 Å². The second-order valence-corrected chi connectivity index (χ2v) is 5.48. The van der Waals surface area contributed by atoms with Gasteiger partial charge in [0.1, 0.15) is 0 Å². The molecule has 1 amide bonds. The SMILES string of the molecule is CC1CCCN(C(=O)/C=C/c2ccc3c(c2)OCO3)C1. The molecule has 1 aromatic carbocycles. The summed E-state index contributed by atoms with van der Waals surface area (Å²) >= 11 is 0. The fourth-order valence-corrected chi connectivity index (χ4v) is 2.68. The van der Waals surface area contributed by atoms with E-state index in [0.29, 0.717) is 5.92 Å². The van der Waals surface area contributed by atoms with E-state index in [1.807, 2.05) is 29.2 Å². The number of hydrogen-bond donors (Lipinski definition) is 0. The predicted octanol–water partition coefficient (Wildman–Crippen LogP) is 2.69. The van der Waals surface area contributed by atoms with Gasteiger partial charge in [0, 0.05) is 19.2 Å². The fraction of sp³-hybridized carbons (Fsp3) is 0.438. The van der Waals surface area contributed by atoms with Crippen molar-refractivity contribution in [2.24, 2.45) is 5.92 Å². The van der Waals surface area contributed by atoms with Gasteiger partial charge in [0.05, 0.1) is 0 Å². The van der Waals surface area contributed by atoms with Gasteiger partial charge in [0.25, 0.3) is 0 Å². The number of likely N-dealkylation sites (tertiary alicyclic amines) is 1. The number of hydrogen-bond acceptors (Lipinski definition) is 3. The van der Waals surface area contributed by atoms with Gasteiger partial charge in [-0.05, 0) is 42.5 Å². The van der Waals surface area contributed by atoms with Crippen molar-refractivity contribution >= 4 is 12.0 Å². The number of benzene rings is 1. The van der Waals surface area contributed by atoms with Crippen LogP contribution in [0.4, 0.5) is 0 Å². The first-order chi connectivity index (χ1) is 9.72. The summed E-state index contributed by atoms with van der Waals surface area (Å²) in [5.41, 5.74) is 0.952. The smallest absolute Gasteiger partial charge is 0.246 e. The molecule has 0 bridgehead atoms. The molecule has 4 heteroatoms. The number of amides is 1. The maximum absolute atomic E-state index is 12.1. The van der Waals surface area contributed by atoms with Crippen LogP contribution in [0.3, 0.4) is 0 Å². The predicted molar refractivity (Wildman–Crippen MR) is 76.6 cm³/mol. The van der Waals surface area contributed by atoms with Crippen LogP contribution >= 0.6 is 0 Å². The van der Waals surface area contributed by atoms with Crippen molar-refractivity contribution < 1.29 is 14.3 Å². The molecule has 0 aliphatic carbocycles. The molecule has 106 valence electrons. The summed E-state index contributed by atoms with van der Waals surface area (Å²) in [5, 5.41) is 0. The van der Waals surface area contributed by atoms with Gasteiger partial charge in [0.2, 0.25) is 12.7 Å². The van der Waals surface area contributed by atoms with Crippen LogP contribution in [0.2, 0.25) is 0 Å². The lowest BCUT2D eigenvalue weighted by molar-refractivity contribution is -0.127. The van der Waals surface area contributed by atoms with Gasteiger partial charge in [-0.15, -0.1) is 0 Å². The average molecular weight is 273 g/mol. The van der Waals surface area contributed by atoms with Crippen molar-refractivity contribution in [3.63, 3.8) is 0 Å². The fourth-order valence-electron chi connectivity index (χ4n) is 2.68. The number of ether oxygens (including phenoxy) is 2. The summed E-state index contributed by atoms with van der Waals surface area (Å²) in [5.74, 6) is 2.20. The van der Waals surface area contributed by atoms with E-state index in [0.717, 1.165) is 36.6 Å². The number of carbonyl (C=O) groups excluding carboxylic acids is 1. The molecule has 1 unspecified atom stereocenters. The Hall–Kier alpha value is -1.97. The maximum Gasteiger partial charge on any atom is 0.246 e. The molecule has 0 radical (unpaired) electrons. The van der Waals surface area contributed by atoms with Crippen molar-refractivity contribution in [2.75, 3.05) is 19.9 Å². The highest BCUT2D eigenvalue weighted by molar-refractivity contribution is 5.92. The molecule has 0 aromatic heterocycles. The van der Waals surface area contributed by atoms with Gasteiger partial charge < -0.3 is 14.4 Å². The van der Waals surface area contributed by atoms with E-state index in [1.165, 1.54) is 6.42 Å². The lowest BCUT2D eigenvalue weighted by Gasteiger charge is -2.30. The van der Waals surface area contributed by atoms with Gasteiger partial charge in [-0.2, -0.15) is 0 Å². The minimum Gasteiger partial charge on any atom is -0.454 e. The van der Waals surface area contributed by atoms with Crippen molar-refractivity contribution in [2.45, 2.75) is 19.8 Å². The molecule has 1 atom stereocenters. The van der Waals surface area contributed by atoms with E-state index >= 15 is 0 Å². The Kier molecular flexibility index (Phi) is 3.63. The van der Waals surface area contributed by atoms with E-state index < -0.39 is 0 Å². The Labute approximate surface area is 119 Å². The molecule has 3 rings (SSSR count). The molecule has 0 N–H and O–H groups in total. The van der Waals surface area contributed by atoms with Crippen LogP contribution in [0.5, 0.6) is 11.5 Å². The van der Waals surface area contributed by atoms with E-state index in [4.69, 9.17) is 9.47 Å². The van der Waals surface area contributed by atoms with Gasteiger partial charge in [-0.1, -0.05) is 13.0 Å². The van der Waals surface area contributed by atoms with Crippen LogP contribution in [0.1, 0.15) is 25.3 Å². The first-order valence-corrected chi connectivity index (χ1v) is 7.09. The average Bonchev–Trinajstić information content (AvgIpc) is 2.92. The highest BCUT2D eigenvalue weighted by Gasteiger charge is 2.19. The monoisotopic (exact) mass is 273 g/mol. The third-order valence-electron chi connectivity index (χ3n) is 3.78. The van der Waals surface area contributed by atoms with Gasteiger partial charge in [-0.25, -0.2) is 0 Å². The van der Waals surface area contributed by atoms with Crippen LogP contribution in [0, 0.1) is 5.92 Å². The molecule has 2 aliphatic rings. The Morgan fingerprint density at radius 1 is 1.35 bits per heavy atom. The summed E-state index contributed by atoms with van der Waals surface area (Å²) in [4.78, 5) is 14.1. The zero-order chi connectivity index (χ0) is 13.9. The topological polar surface area (TPSA) is 38.8 Å². The minimum absolute atomic E-state index is 0.0919. The first kappa shape index (κ1) is 13.0. The Morgan fingerprint density at radius 2 is 2.20 bits per heavy atom. The van der Waals surface area contributed by atoms with Crippen molar-refractivity contribution in [3.05, 3.63) is 29.8 Å². The molecule has 2 aliphatic heterocycles. The lowest BCUT2D eigenvalue weighted by atomic mass is 10.0. The third kappa shape index (κ3) is 2.79. The molecule has 20 heavy (non-hydrogen) atoms. The lowest BCUT2D eigenvalue weighted by Crippen LogP contribution is -2.38. The molecular weight excluding hydrogens is 254 g/mol. The second-order valence-electron chi connectivity index (χ2n) is 5.48. The van der Waals surface area contributed by atoms with Crippen LogP contribution in [0.25, 0.3) is 6.08 Å². The zero-order valence-corrected chi connectivity index (χ0v) is 11.7. The summed E-state index contributed by atoms with van der Waals surface area (Å²) in [7, 11) is 0. The van der Waals surface area contributed by atoms with Crippen molar-refractivity contribution in [1.82, 2.24) is 4.90 Å². The summed E-state index contributed by atoms with van der Waals surface area (Å²) in [6.45, 7) is 4.20. The Balaban J connectivity index is 1.66. The van der Waals surface area contributed by atoms with Crippen molar-refractivity contribution in [3.8, 4) is 11.5 Å². The number of piperidine rings is 1. The quantitative estimate of drug-likeness (QED) is 0.778. The van der Waals surface area contributed by atoms with Crippen molar-refractivity contribution in [1.29, 1.82) is 0 Å². The van der Waals surface area contributed by atoms with E-state index in [-0.39, 0.29) is 12.7 Å². The standard InChI is InChI=1S/C16H19NO3/c1-12-3-2-8-17(10-12)16(18)7-5-13-4-6-14-15(9-13)20-11-19-14/h4-7,9,12H,2-3,8,10-11H2,1H3/b7-5+. The zero-order valence-electron chi connectivity index (χ0n) is 11.7. The molecular formula is C16H19NO3. The van der Waals surface area contributed by atoms with Crippen LogP contribution < -0.4 is 9.47 Å². The molecule has 1 aromatic rings. The summed E-state index contributed by atoms with van der Waals surface area (Å²) in [6, 6.07) is 5.69. The number of fused-ring (bicyclic) bond motifs is 1. The highest BCUT2D eigenvalue weighted by atomic mass is 16.7. The Morgan fingerprint density at radius 3 is 3.05 bits per heavy atom. The van der Waals surface area contributed by atoms with Crippen LogP contribution in [-0.2, 0) is 4.79 Å². The molecule has 0 spiro atoms. The Bertz CT molecular complexity index is 539. The van der Waals surface area contributed by atoms with Gasteiger partial charge in [0.15, 0.2) is 11.5 Å². The van der Waals surface area contributed by atoms with Gasteiger partial charge >= 0.3 is 0 Å². The normalized spacial score (nSPS) is 21.4. The minimum atomic E-state index is 0.0919. The van der Waals surface area contributed by atoms with Crippen LogP contribution in [0.15, 0.2) is 24.3 Å². The first-order valence-electron chi connectivity index (χ1n) is 7.09. The summed E-state index contributed by atoms with van der Waals surface area (Å²) in [6.07, 6.45) is 5.81. The number of rotatable bonds is 2. The maximum atomic E-state index is 12.1. The molecule has 2 heterocycles. The highest BCUT2D eigenvalue weighted by Crippen LogP contribution is 2.32. The van der Waals surface area contributed by atoms with E-state index in [2.05, 4.69) is 6.92 Å². The van der Waals surface area contributed by atoms with E-state index in [9.17, 15) is 4.79 Å². The summed E-state index contributed by atoms with van der Waals surface area (Å²) < 4.78 is 10.6. The molecule has 4 nitrogen and oxygen atoms in total. The third-order valence-corrected chi connectivity index (χ3v) is 3.78. The van der Waals surface area contributed by atoms with Gasteiger partial charge in [-0.3, -0.25) is 4.79 Å². The van der Waals surface area contributed by atoms with E-state index in [1.54, 1.807) is 6.08 Å². The molecule has 1 fully saturated rings.